The molecular weight excluding hydrogens is 391 g/mol. The first-order valence-corrected chi connectivity index (χ1v) is 9.13. The number of amides is 1. The topological polar surface area (TPSA) is 56.2 Å². The van der Waals surface area contributed by atoms with Crippen LogP contribution in [0.5, 0.6) is 5.75 Å². The summed E-state index contributed by atoms with van der Waals surface area (Å²) in [5.74, 6) is 0.256. The monoisotopic (exact) mass is 407 g/mol. The predicted octanol–water partition coefficient (Wildman–Crippen LogP) is 4.63. The van der Waals surface area contributed by atoms with Crippen molar-refractivity contribution in [2.75, 3.05) is 18.2 Å². The Morgan fingerprint density at radius 3 is 2.75 bits per heavy atom. The number of ether oxygens (including phenoxy) is 1. The van der Waals surface area contributed by atoms with Crippen LogP contribution < -0.4 is 10.1 Å². The van der Waals surface area contributed by atoms with Gasteiger partial charge in [0.2, 0.25) is 5.91 Å². The van der Waals surface area contributed by atoms with E-state index in [4.69, 9.17) is 4.74 Å². The number of nitrogens with zero attached hydrogens (tertiary/aromatic N) is 2. The third-order valence-corrected chi connectivity index (χ3v) is 4.71. The zero-order valence-corrected chi connectivity index (χ0v) is 15.6. The molecule has 0 aliphatic heterocycles. The molecule has 146 valence electrons. The van der Waals surface area contributed by atoms with E-state index in [0.717, 1.165) is 17.8 Å². The maximum atomic E-state index is 12.8. The molecule has 28 heavy (non-hydrogen) atoms. The largest absolute Gasteiger partial charge is 0.497 e. The van der Waals surface area contributed by atoms with Crippen LogP contribution in [0.25, 0.3) is 5.69 Å². The number of alkyl halides is 3. The summed E-state index contributed by atoms with van der Waals surface area (Å²) >= 11 is 1.18. The number of nitrogens with one attached hydrogen (secondary N) is 1. The number of thioether (sulfide) groups is 1. The molecule has 1 heterocycles. The van der Waals surface area contributed by atoms with Crippen LogP contribution in [0.2, 0.25) is 0 Å². The molecule has 0 saturated heterocycles. The van der Waals surface area contributed by atoms with Crippen molar-refractivity contribution < 1.29 is 22.7 Å². The van der Waals surface area contributed by atoms with E-state index in [2.05, 4.69) is 10.3 Å². The fourth-order valence-electron chi connectivity index (χ4n) is 2.45. The Balaban J connectivity index is 1.65. The SMILES string of the molecule is COc1cccc(-n2ccnc2SCC(=O)Nc2cccc(C(F)(F)F)c2)c1. The summed E-state index contributed by atoms with van der Waals surface area (Å²) in [6.07, 6.45) is -1.11. The Morgan fingerprint density at radius 2 is 2.00 bits per heavy atom. The second-order valence-corrected chi connectivity index (χ2v) is 6.64. The summed E-state index contributed by atoms with van der Waals surface area (Å²) in [6.45, 7) is 0. The standard InChI is InChI=1S/C19H16F3N3O2S/c1-27-16-7-3-6-15(11-16)25-9-8-23-18(25)28-12-17(26)24-14-5-2-4-13(10-14)19(20,21)22/h2-11H,12H2,1H3,(H,24,26). The number of halogens is 3. The van der Waals surface area contributed by atoms with E-state index in [0.29, 0.717) is 10.9 Å². The minimum Gasteiger partial charge on any atom is -0.497 e. The molecule has 9 heteroatoms. The lowest BCUT2D eigenvalue weighted by Crippen LogP contribution is -2.15. The number of imidazole rings is 1. The first-order valence-electron chi connectivity index (χ1n) is 8.14. The van der Waals surface area contributed by atoms with Crippen molar-refractivity contribution in [3.8, 4) is 11.4 Å². The molecule has 3 aromatic rings. The number of carbonyl (C=O) groups is 1. The molecule has 0 bridgehead atoms. The van der Waals surface area contributed by atoms with Crippen molar-refractivity contribution in [1.82, 2.24) is 9.55 Å². The molecular formula is C19H16F3N3O2S. The van der Waals surface area contributed by atoms with Crippen molar-refractivity contribution in [2.45, 2.75) is 11.3 Å². The average molecular weight is 407 g/mol. The van der Waals surface area contributed by atoms with Crippen molar-refractivity contribution in [1.29, 1.82) is 0 Å². The number of hydrogen-bond donors (Lipinski definition) is 1. The summed E-state index contributed by atoms with van der Waals surface area (Å²) in [5.41, 5.74) is 0.0979. The van der Waals surface area contributed by atoms with Gasteiger partial charge in [0.25, 0.3) is 0 Å². The van der Waals surface area contributed by atoms with Gasteiger partial charge in [-0.15, -0.1) is 0 Å². The summed E-state index contributed by atoms with van der Waals surface area (Å²) in [5, 5.41) is 3.05. The third kappa shape index (κ3) is 4.86. The van der Waals surface area contributed by atoms with E-state index < -0.39 is 17.6 Å². The average Bonchev–Trinajstić information content (AvgIpc) is 3.14. The smallest absolute Gasteiger partial charge is 0.416 e. The second kappa shape index (κ2) is 8.39. The van der Waals surface area contributed by atoms with Gasteiger partial charge < -0.3 is 10.1 Å². The molecule has 0 saturated carbocycles. The van der Waals surface area contributed by atoms with Crippen LogP contribution in [0.1, 0.15) is 5.56 Å². The van der Waals surface area contributed by atoms with E-state index >= 15 is 0 Å². The highest BCUT2D eigenvalue weighted by molar-refractivity contribution is 7.99. The fourth-order valence-corrected chi connectivity index (χ4v) is 3.23. The molecule has 2 aromatic carbocycles. The maximum absolute atomic E-state index is 12.8. The van der Waals surface area contributed by atoms with E-state index in [1.165, 1.54) is 23.9 Å². The molecule has 0 unspecified atom stereocenters. The van der Waals surface area contributed by atoms with Crippen LogP contribution in [0.15, 0.2) is 66.1 Å². The van der Waals surface area contributed by atoms with Gasteiger partial charge in [-0.1, -0.05) is 23.9 Å². The number of anilines is 1. The van der Waals surface area contributed by atoms with Crippen LogP contribution in [0.4, 0.5) is 18.9 Å². The van der Waals surface area contributed by atoms with Gasteiger partial charge in [-0.05, 0) is 30.3 Å². The van der Waals surface area contributed by atoms with E-state index in [1.807, 2.05) is 24.3 Å². The molecule has 1 N–H and O–H groups in total. The molecule has 0 radical (unpaired) electrons. The van der Waals surface area contributed by atoms with Gasteiger partial charge in [-0.2, -0.15) is 13.2 Å². The molecule has 0 atom stereocenters. The van der Waals surface area contributed by atoms with Gasteiger partial charge in [0, 0.05) is 24.1 Å². The Bertz CT molecular complexity index is 973. The van der Waals surface area contributed by atoms with Crippen molar-refractivity contribution in [2.24, 2.45) is 0 Å². The zero-order valence-electron chi connectivity index (χ0n) is 14.7. The first-order chi connectivity index (χ1) is 13.4. The normalized spacial score (nSPS) is 11.3. The lowest BCUT2D eigenvalue weighted by atomic mass is 10.2. The van der Waals surface area contributed by atoms with Crippen LogP contribution >= 0.6 is 11.8 Å². The van der Waals surface area contributed by atoms with Gasteiger partial charge in [-0.25, -0.2) is 4.98 Å². The van der Waals surface area contributed by atoms with E-state index in [9.17, 15) is 18.0 Å². The number of carbonyl (C=O) groups excluding carboxylic acids is 1. The lowest BCUT2D eigenvalue weighted by Gasteiger charge is -2.11. The number of methoxy groups -OCH3 is 1. The molecule has 3 rings (SSSR count). The summed E-state index contributed by atoms with van der Waals surface area (Å²) in [6, 6.07) is 11.9. The molecule has 5 nitrogen and oxygen atoms in total. The van der Waals surface area contributed by atoms with Crippen LogP contribution in [0.3, 0.4) is 0 Å². The number of rotatable bonds is 6. The number of aromatic nitrogens is 2. The third-order valence-electron chi connectivity index (χ3n) is 3.74. The van der Waals surface area contributed by atoms with Gasteiger partial charge in [0.15, 0.2) is 5.16 Å². The summed E-state index contributed by atoms with van der Waals surface area (Å²) < 4.78 is 45.3. The van der Waals surface area contributed by atoms with Crippen molar-refractivity contribution >= 4 is 23.4 Å². The maximum Gasteiger partial charge on any atom is 0.416 e. The molecule has 0 fully saturated rings. The molecule has 1 aromatic heterocycles. The van der Waals surface area contributed by atoms with Crippen LogP contribution in [-0.2, 0) is 11.0 Å². The van der Waals surface area contributed by atoms with Crippen LogP contribution in [-0.4, -0.2) is 28.3 Å². The van der Waals surface area contributed by atoms with E-state index in [1.54, 1.807) is 24.1 Å². The van der Waals surface area contributed by atoms with Gasteiger partial charge >= 0.3 is 6.18 Å². The Labute approximate surface area is 163 Å². The second-order valence-electron chi connectivity index (χ2n) is 5.70. The molecule has 0 aliphatic carbocycles. The zero-order chi connectivity index (χ0) is 20.1. The van der Waals surface area contributed by atoms with Gasteiger partial charge in [0.1, 0.15) is 5.75 Å². The highest BCUT2D eigenvalue weighted by Crippen LogP contribution is 2.30. The molecule has 0 spiro atoms. The first kappa shape index (κ1) is 19.8. The quantitative estimate of drug-likeness (QED) is 0.606. The minimum absolute atomic E-state index is 0.00275. The lowest BCUT2D eigenvalue weighted by molar-refractivity contribution is -0.137. The fraction of sp³-hybridized carbons (Fsp3) is 0.158. The Hall–Kier alpha value is -2.94. The van der Waals surface area contributed by atoms with Crippen molar-refractivity contribution in [3.05, 3.63) is 66.5 Å². The van der Waals surface area contributed by atoms with Gasteiger partial charge in [0.05, 0.1) is 24.1 Å². The Kier molecular flexibility index (Phi) is 5.93. The Morgan fingerprint density at radius 1 is 1.21 bits per heavy atom. The van der Waals surface area contributed by atoms with Gasteiger partial charge in [-0.3, -0.25) is 9.36 Å². The van der Waals surface area contributed by atoms with Crippen molar-refractivity contribution in [3.63, 3.8) is 0 Å². The number of benzene rings is 2. The highest BCUT2D eigenvalue weighted by Gasteiger charge is 2.30. The number of hydrogen-bond acceptors (Lipinski definition) is 4. The minimum atomic E-state index is -4.46. The summed E-state index contributed by atoms with van der Waals surface area (Å²) in [4.78, 5) is 16.4. The van der Waals surface area contributed by atoms with Crippen LogP contribution in [0, 0.1) is 0 Å². The van der Waals surface area contributed by atoms with E-state index in [-0.39, 0.29) is 11.4 Å². The molecule has 0 aliphatic rings. The highest BCUT2D eigenvalue weighted by atomic mass is 32.2. The predicted molar refractivity (Wildman–Crippen MR) is 101 cm³/mol. The molecule has 1 amide bonds. The summed E-state index contributed by atoms with van der Waals surface area (Å²) in [7, 11) is 1.57.